The van der Waals surface area contributed by atoms with E-state index < -0.39 is 0 Å². The molecule has 1 aromatic carbocycles. The van der Waals surface area contributed by atoms with Crippen LogP contribution in [0.4, 0.5) is 0 Å². The van der Waals surface area contributed by atoms with E-state index in [9.17, 15) is 0 Å². The van der Waals surface area contributed by atoms with Crippen molar-refractivity contribution in [2.45, 2.75) is 32.1 Å². The molecule has 0 N–H and O–H groups in total. The SMILES string of the molecule is C=C/C=C\c1cc(C2(C)CC2)ccc1C. The first-order chi connectivity index (χ1) is 7.15. The average molecular weight is 198 g/mol. The molecule has 0 atom stereocenters. The van der Waals surface area contributed by atoms with Gasteiger partial charge in [-0.05, 0) is 41.9 Å². The molecule has 0 spiro atoms. The minimum atomic E-state index is 0.463. The van der Waals surface area contributed by atoms with Crippen molar-refractivity contribution in [3.05, 3.63) is 53.6 Å². The standard InChI is InChI=1S/C15H18/c1-4-5-6-13-11-14(8-7-12(13)2)15(3)9-10-15/h4-8,11H,1,9-10H2,2-3H3/b6-5-. The summed E-state index contributed by atoms with van der Waals surface area (Å²) in [6.45, 7) is 8.20. The molecule has 0 aromatic heterocycles. The van der Waals surface area contributed by atoms with Gasteiger partial charge in [0.1, 0.15) is 0 Å². The predicted octanol–water partition coefficient (Wildman–Crippen LogP) is 4.25. The second kappa shape index (κ2) is 3.69. The maximum absolute atomic E-state index is 3.70. The zero-order valence-corrected chi connectivity index (χ0v) is 9.59. The van der Waals surface area contributed by atoms with Gasteiger partial charge in [0.05, 0.1) is 0 Å². The van der Waals surface area contributed by atoms with Crippen LogP contribution in [0.1, 0.15) is 36.5 Å². The van der Waals surface area contributed by atoms with E-state index in [1.54, 1.807) is 0 Å². The van der Waals surface area contributed by atoms with E-state index >= 15 is 0 Å². The lowest BCUT2D eigenvalue weighted by atomic mass is 9.94. The smallest absolute Gasteiger partial charge is 0.00744 e. The lowest BCUT2D eigenvalue weighted by Gasteiger charge is -2.11. The van der Waals surface area contributed by atoms with Gasteiger partial charge in [0.25, 0.3) is 0 Å². The second-order valence-corrected chi connectivity index (χ2v) is 4.73. The maximum atomic E-state index is 3.70. The molecule has 2 rings (SSSR count). The summed E-state index contributed by atoms with van der Waals surface area (Å²) in [4.78, 5) is 0. The fourth-order valence-corrected chi connectivity index (χ4v) is 1.84. The first-order valence-corrected chi connectivity index (χ1v) is 5.56. The largest absolute Gasteiger partial charge is 0.0991 e. The molecule has 1 aliphatic carbocycles. The molecule has 0 saturated heterocycles. The summed E-state index contributed by atoms with van der Waals surface area (Å²) >= 11 is 0. The molecule has 0 heterocycles. The van der Waals surface area contributed by atoms with Gasteiger partial charge in [0.2, 0.25) is 0 Å². The van der Waals surface area contributed by atoms with Crippen molar-refractivity contribution in [1.82, 2.24) is 0 Å². The quantitative estimate of drug-likeness (QED) is 0.637. The Morgan fingerprint density at radius 2 is 2.07 bits per heavy atom. The van der Waals surface area contributed by atoms with Crippen molar-refractivity contribution in [2.75, 3.05) is 0 Å². The van der Waals surface area contributed by atoms with Gasteiger partial charge in [-0.1, -0.05) is 49.9 Å². The number of hydrogen-bond acceptors (Lipinski definition) is 0. The highest BCUT2D eigenvalue weighted by atomic mass is 14.4. The van der Waals surface area contributed by atoms with Crippen LogP contribution in [0.5, 0.6) is 0 Å². The van der Waals surface area contributed by atoms with Crippen molar-refractivity contribution in [2.24, 2.45) is 0 Å². The van der Waals surface area contributed by atoms with E-state index in [2.05, 4.69) is 44.7 Å². The van der Waals surface area contributed by atoms with Crippen LogP contribution in [0.15, 0.2) is 36.9 Å². The highest BCUT2D eigenvalue weighted by molar-refractivity contribution is 5.57. The lowest BCUT2D eigenvalue weighted by molar-refractivity contribution is 0.787. The Morgan fingerprint density at radius 3 is 2.67 bits per heavy atom. The Hall–Kier alpha value is -1.30. The molecule has 1 aliphatic rings. The molecule has 0 unspecified atom stereocenters. The monoisotopic (exact) mass is 198 g/mol. The summed E-state index contributed by atoms with van der Waals surface area (Å²) in [5.41, 5.74) is 4.60. The summed E-state index contributed by atoms with van der Waals surface area (Å²) in [6, 6.07) is 6.82. The normalized spacial score (nSPS) is 18.0. The maximum Gasteiger partial charge on any atom is -0.00744 e. The summed E-state index contributed by atoms with van der Waals surface area (Å²) < 4.78 is 0. The van der Waals surface area contributed by atoms with E-state index in [0.29, 0.717) is 5.41 Å². The molecule has 0 heteroatoms. The van der Waals surface area contributed by atoms with E-state index in [1.165, 1.54) is 29.5 Å². The van der Waals surface area contributed by atoms with Crippen LogP contribution in [-0.2, 0) is 5.41 Å². The lowest BCUT2D eigenvalue weighted by Crippen LogP contribution is -2.00. The van der Waals surface area contributed by atoms with Gasteiger partial charge in [0.15, 0.2) is 0 Å². The molecule has 0 amide bonds. The number of rotatable bonds is 3. The van der Waals surface area contributed by atoms with Crippen molar-refractivity contribution in [3.8, 4) is 0 Å². The number of aryl methyl sites for hydroxylation is 1. The zero-order valence-electron chi connectivity index (χ0n) is 9.59. The van der Waals surface area contributed by atoms with Crippen molar-refractivity contribution in [3.63, 3.8) is 0 Å². The third-order valence-corrected chi connectivity index (χ3v) is 3.39. The van der Waals surface area contributed by atoms with E-state index in [4.69, 9.17) is 0 Å². The Bertz CT molecular complexity index is 406. The summed E-state index contributed by atoms with van der Waals surface area (Å²) in [7, 11) is 0. The topological polar surface area (TPSA) is 0 Å². The number of benzene rings is 1. The van der Waals surface area contributed by atoms with Crippen LogP contribution in [0.3, 0.4) is 0 Å². The molecule has 1 saturated carbocycles. The highest BCUT2D eigenvalue weighted by Crippen LogP contribution is 2.47. The van der Waals surface area contributed by atoms with Gasteiger partial charge in [-0.3, -0.25) is 0 Å². The van der Waals surface area contributed by atoms with Crippen LogP contribution in [0, 0.1) is 6.92 Å². The third-order valence-electron chi connectivity index (χ3n) is 3.39. The minimum Gasteiger partial charge on any atom is -0.0991 e. The molecule has 0 radical (unpaired) electrons. The van der Waals surface area contributed by atoms with Crippen molar-refractivity contribution >= 4 is 6.08 Å². The van der Waals surface area contributed by atoms with Gasteiger partial charge in [-0.15, -0.1) is 0 Å². The Kier molecular flexibility index (Phi) is 2.52. The Balaban J connectivity index is 2.36. The van der Waals surface area contributed by atoms with Gasteiger partial charge in [-0.25, -0.2) is 0 Å². The molecular weight excluding hydrogens is 180 g/mol. The molecule has 15 heavy (non-hydrogen) atoms. The summed E-state index contributed by atoms with van der Waals surface area (Å²) in [5.74, 6) is 0. The third kappa shape index (κ3) is 2.04. The fourth-order valence-electron chi connectivity index (χ4n) is 1.84. The molecule has 1 fully saturated rings. The van der Waals surface area contributed by atoms with Gasteiger partial charge >= 0.3 is 0 Å². The zero-order chi connectivity index (χ0) is 10.9. The molecule has 0 bridgehead atoms. The Labute approximate surface area is 92.3 Å². The number of allylic oxidation sites excluding steroid dienone is 2. The van der Waals surface area contributed by atoms with Crippen LogP contribution in [-0.4, -0.2) is 0 Å². The van der Waals surface area contributed by atoms with Crippen LogP contribution in [0.2, 0.25) is 0 Å². The summed E-state index contributed by atoms with van der Waals surface area (Å²) in [5, 5.41) is 0. The Morgan fingerprint density at radius 1 is 1.33 bits per heavy atom. The molecular formula is C15H18. The molecule has 78 valence electrons. The van der Waals surface area contributed by atoms with Crippen molar-refractivity contribution < 1.29 is 0 Å². The minimum absolute atomic E-state index is 0.463. The molecule has 0 aliphatic heterocycles. The van der Waals surface area contributed by atoms with Crippen LogP contribution in [0.25, 0.3) is 6.08 Å². The van der Waals surface area contributed by atoms with E-state index in [0.717, 1.165) is 0 Å². The molecule has 0 nitrogen and oxygen atoms in total. The molecule has 1 aromatic rings. The average Bonchev–Trinajstić information content (AvgIpc) is 2.96. The second-order valence-electron chi connectivity index (χ2n) is 4.73. The first-order valence-electron chi connectivity index (χ1n) is 5.56. The van der Waals surface area contributed by atoms with Gasteiger partial charge < -0.3 is 0 Å². The van der Waals surface area contributed by atoms with E-state index in [1.807, 2.05) is 12.2 Å². The summed E-state index contributed by atoms with van der Waals surface area (Å²) in [6.07, 6.45) is 8.63. The predicted molar refractivity (Wildman–Crippen MR) is 67.0 cm³/mol. The van der Waals surface area contributed by atoms with Gasteiger partial charge in [-0.2, -0.15) is 0 Å². The van der Waals surface area contributed by atoms with Crippen molar-refractivity contribution in [1.29, 1.82) is 0 Å². The number of hydrogen-bond donors (Lipinski definition) is 0. The first kappa shape index (κ1) is 10.2. The highest BCUT2D eigenvalue weighted by Gasteiger charge is 2.38. The van der Waals surface area contributed by atoms with Gasteiger partial charge in [0, 0.05) is 0 Å². The van der Waals surface area contributed by atoms with E-state index in [-0.39, 0.29) is 0 Å². The van der Waals surface area contributed by atoms with Crippen LogP contribution >= 0.6 is 0 Å². The van der Waals surface area contributed by atoms with Crippen LogP contribution < -0.4 is 0 Å². The fraction of sp³-hybridized carbons (Fsp3) is 0.333.